The Kier molecular flexibility index (Phi) is 5.74. The third kappa shape index (κ3) is 4.43. The lowest BCUT2D eigenvalue weighted by atomic mass is 9.90. The SMILES string of the molecule is O=C(Cc1ccc2cnccc2c1)[C@H](CN1CCNCC1)c1ccc(F)cc1. The lowest BCUT2D eigenvalue weighted by Gasteiger charge is -2.30. The van der Waals surface area contributed by atoms with Crippen LogP contribution in [-0.2, 0) is 11.2 Å². The van der Waals surface area contributed by atoms with Gasteiger partial charge in [0.1, 0.15) is 11.6 Å². The zero-order valence-electron chi connectivity index (χ0n) is 15.8. The minimum absolute atomic E-state index is 0.165. The second-order valence-corrected chi connectivity index (χ2v) is 7.36. The third-order valence-corrected chi connectivity index (χ3v) is 5.39. The van der Waals surface area contributed by atoms with E-state index in [1.165, 1.54) is 12.1 Å². The summed E-state index contributed by atoms with van der Waals surface area (Å²) in [5.74, 6) is -0.370. The number of ketones is 1. The first-order valence-corrected chi connectivity index (χ1v) is 9.73. The van der Waals surface area contributed by atoms with Crippen molar-refractivity contribution in [1.82, 2.24) is 15.2 Å². The number of rotatable bonds is 6. The Balaban J connectivity index is 1.56. The molecule has 4 rings (SSSR count). The number of Topliss-reactive ketones (excluding diaryl/α,β-unsaturated/α-hetero) is 1. The second-order valence-electron chi connectivity index (χ2n) is 7.36. The van der Waals surface area contributed by atoms with Gasteiger partial charge in [0.2, 0.25) is 0 Å². The quantitative estimate of drug-likeness (QED) is 0.717. The van der Waals surface area contributed by atoms with Gasteiger partial charge in [-0.3, -0.25) is 14.7 Å². The predicted octanol–water partition coefficient (Wildman–Crippen LogP) is 3.17. The summed E-state index contributed by atoms with van der Waals surface area (Å²) >= 11 is 0. The minimum Gasteiger partial charge on any atom is -0.314 e. The Morgan fingerprint density at radius 1 is 1.07 bits per heavy atom. The molecule has 1 saturated heterocycles. The molecule has 1 fully saturated rings. The van der Waals surface area contributed by atoms with E-state index < -0.39 is 0 Å². The van der Waals surface area contributed by atoms with Gasteiger partial charge in [0.25, 0.3) is 0 Å². The molecule has 1 aliphatic heterocycles. The highest BCUT2D eigenvalue weighted by Gasteiger charge is 2.24. The van der Waals surface area contributed by atoms with Crippen LogP contribution in [0.15, 0.2) is 60.9 Å². The van der Waals surface area contributed by atoms with Gasteiger partial charge >= 0.3 is 0 Å². The lowest BCUT2D eigenvalue weighted by molar-refractivity contribution is -0.120. The number of hydrogen-bond acceptors (Lipinski definition) is 4. The minimum atomic E-state index is -0.278. The van der Waals surface area contributed by atoms with Crippen LogP contribution in [0.5, 0.6) is 0 Å². The van der Waals surface area contributed by atoms with Crippen LogP contribution in [0.4, 0.5) is 4.39 Å². The summed E-state index contributed by atoms with van der Waals surface area (Å²) in [5.41, 5.74) is 1.88. The number of pyridine rings is 1. The summed E-state index contributed by atoms with van der Waals surface area (Å²) in [7, 11) is 0. The summed E-state index contributed by atoms with van der Waals surface area (Å²) in [4.78, 5) is 19.7. The molecule has 0 radical (unpaired) electrons. The van der Waals surface area contributed by atoms with Gasteiger partial charge in [0.05, 0.1) is 5.92 Å². The van der Waals surface area contributed by atoms with Crippen LogP contribution in [-0.4, -0.2) is 48.4 Å². The van der Waals surface area contributed by atoms with Crippen LogP contribution in [0.2, 0.25) is 0 Å². The fraction of sp³-hybridized carbons (Fsp3) is 0.304. The number of carbonyl (C=O) groups is 1. The van der Waals surface area contributed by atoms with Gasteiger partial charge < -0.3 is 5.32 Å². The van der Waals surface area contributed by atoms with Crippen LogP contribution in [0.1, 0.15) is 17.0 Å². The van der Waals surface area contributed by atoms with Gasteiger partial charge in [-0.2, -0.15) is 0 Å². The Morgan fingerprint density at radius 2 is 1.86 bits per heavy atom. The molecule has 144 valence electrons. The summed E-state index contributed by atoms with van der Waals surface area (Å²) < 4.78 is 13.4. The van der Waals surface area contributed by atoms with E-state index in [0.29, 0.717) is 13.0 Å². The van der Waals surface area contributed by atoms with Gasteiger partial charge in [-0.25, -0.2) is 4.39 Å². The topological polar surface area (TPSA) is 45.2 Å². The van der Waals surface area contributed by atoms with Crippen molar-refractivity contribution in [2.75, 3.05) is 32.7 Å². The molecular weight excluding hydrogens is 353 g/mol. The smallest absolute Gasteiger partial charge is 0.145 e. The van der Waals surface area contributed by atoms with Gasteiger partial charge in [0, 0.05) is 56.9 Å². The molecule has 0 amide bonds. The van der Waals surface area contributed by atoms with E-state index >= 15 is 0 Å². The maximum Gasteiger partial charge on any atom is 0.145 e. The number of hydrogen-bond donors (Lipinski definition) is 1. The number of nitrogens with one attached hydrogen (secondary N) is 1. The van der Waals surface area contributed by atoms with Crippen molar-refractivity contribution in [2.24, 2.45) is 0 Å². The molecule has 28 heavy (non-hydrogen) atoms. The number of carbonyl (C=O) groups excluding carboxylic acids is 1. The Morgan fingerprint density at radius 3 is 2.64 bits per heavy atom. The van der Waals surface area contributed by atoms with Crippen LogP contribution >= 0.6 is 0 Å². The zero-order chi connectivity index (χ0) is 19.3. The number of fused-ring (bicyclic) bond motifs is 1. The largest absolute Gasteiger partial charge is 0.314 e. The van der Waals surface area contributed by atoms with E-state index in [9.17, 15) is 9.18 Å². The Bertz CT molecular complexity index is 951. The van der Waals surface area contributed by atoms with E-state index in [0.717, 1.165) is 48.1 Å². The van der Waals surface area contributed by atoms with Crippen LogP contribution in [0.25, 0.3) is 10.8 Å². The first kappa shape index (κ1) is 18.7. The number of aromatic nitrogens is 1. The number of halogens is 1. The maximum atomic E-state index is 13.4. The van der Waals surface area contributed by atoms with Crippen molar-refractivity contribution in [3.63, 3.8) is 0 Å². The molecule has 2 heterocycles. The second kappa shape index (κ2) is 8.59. The Labute approximate surface area is 164 Å². The molecule has 3 aromatic rings. The normalized spacial score (nSPS) is 16.2. The van der Waals surface area contributed by atoms with Crippen molar-refractivity contribution in [3.05, 3.63) is 77.9 Å². The standard InChI is InChI=1S/C23H24FN3O/c24-21-5-3-18(4-6-21)22(16-27-11-9-25-10-12-27)23(28)14-17-1-2-20-15-26-8-7-19(20)13-17/h1-8,13,15,22,25H,9-12,14,16H2/t22-/m1/s1. The molecule has 0 bridgehead atoms. The number of benzene rings is 2. The molecule has 5 heteroatoms. The van der Waals surface area contributed by atoms with Gasteiger partial charge in [-0.15, -0.1) is 0 Å². The molecule has 2 aromatic carbocycles. The van der Waals surface area contributed by atoms with Crippen LogP contribution in [0, 0.1) is 5.82 Å². The fourth-order valence-electron chi connectivity index (χ4n) is 3.81. The van der Waals surface area contributed by atoms with E-state index in [1.807, 2.05) is 24.4 Å². The molecule has 0 aliphatic carbocycles. The lowest BCUT2D eigenvalue weighted by Crippen LogP contribution is -2.45. The van der Waals surface area contributed by atoms with Crippen molar-refractivity contribution in [3.8, 4) is 0 Å². The summed E-state index contributed by atoms with van der Waals surface area (Å²) in [5, 5.41) is 5.49. The summed E-state index contributed by atoms with van der Waals surface area (Å²) in [6, 6.07) is 14.4. The number of nitrogens with zero attached hydrogens (tertiary/aromatic N) is 2. The van der Waals surface area contributed by atoms with Gasteiger partial charge in [-0.05, 0) is 34.7 Å². The van der Waals surface area contributed by atoms with Crippen LogP contribution < -0.4 is 5.32 Å². The molecule has 1 atom stereocenters. The highest BCUT2D eigenvalue weighted by molar-refractivity contribution is 5.89. The number of piperazine rings is 1. The third-order valence-electron chi connectivity index (χ3n) is 5.39. The van der Waals surface area contributed by atoms with E-state index in [-0.39, 0.29) is 17.5 Å². The molecule has 1 N–H and O–H groups in total. The first-order valence-electron chi connectivity index (χ1n) is 9.73. The van der Waals surface area contributed by atoms with Crippen molar-refractivity contribution >= 4 is 16.6 Å². The highest BCUT2D eigenvalue weighted by atomic mass is 19.1. The predicted molar refractivity (Wildman–Crippen MR) is 109 cm³/mol. The molecule has 1 aromatic heterocycles. The average molecular weight is 377 g/mol. The monoisotopic (exact) mass is 377 g/mol. The highest BCUT2D eigenvalue weighted by Crippen LogP contribution is 2.23. The van der Waals surface area contributed by atoms with Gasteiger partial charge in [0.15, 0.2) is 0 Å². The molecular formula is C23H24FN3O. The zero-order valence-corrected chi connectivity index (χ0v) is 15.8. The summed E-state index contributed by atoms with van der Waals surface area (Å²) in [6.07, 6.45) is 3.96. The van der Waals surface area contributed by atoms with Crippen molar-refractivity contribution in [2.45, 2.75) is 12.3 Å². The maximum absolute atomic E-state index is 13.4. The first-order chi connectivity index (χ1) is 13.7. The molecule has 4 nitrogen and oxygen atoms in total. The van der Waals surface area contributed by atoms with Crippen LogP contribution in [0.3, 0.4) is 0 Å². The van der Waals surface area contributed by atoms with E-state index in [1.54, 1.807) is 18.3 Å². The Hall–Kier alpha value is -2.63. The van der Waals surface area contributed by atoms with E-state index in [2.05, 4.69) is 21.3 Å². The molecule has 0 spiro atoms. The van der Waals surface area contributed by atoms with E-state index in [4.69, 9.17) is 0 Å². The summed E-state index contributed by atoms with van der Waals surface area (Å²) in [6.45, 7) is 4.39. The fourth-order valence-corrected chi connectivity index (χ4v) is 3.81. The van der Waals surface area contributed by atoms with Crippen molar-refractivity contribution in [1.29, 1.82) is 0 Å². The van der Waals surface area contributed by atoms with Gasteiger partial charge in [-0.1, -0.05) is 30.3 Å². The molecule has 0 unspecified atom stereocenters. The average Bonchev–Trinajstić information content (AvgIpc) is 2.73. The van der Waals surface area contributed by atoms with Crippen molar-refractivity contribution < 1.29 is 9.18 Å². The molecule has 1 aliphatic rings. The molecule has 0 saturated carbocycles.